The predicted octanol–water partition coefficient (Wildman–Crippen LogP) is 5.85. The van der Waals surface area contributed by atoms with Crippen molar-refractivity contribution in [2.24, 2.45) is 11.7 Å². The standard InChI is InChI=1S/C36H49N3O4/c1-24(22-38-4)9-7-6-8-10-32(40)21-33(41)12-11-29-20-35(43-5)34(42)19-30(29)17-28-18-31(36(37)39-23-28)16-27-14-25(2)13-26(3)15-27/h11-15,18-20,23-24,36,38-39,42H,6-10,16-17,21-22,37H2,1-5H3. The van der Waals surface area contributed by atoms with Crippen LogP contribution in [-0.4, -0.2) is 43.5 Å². The molecule has 7 heteroatoms. The number of carbonyl (C=O) groups excluding carboxylic acids is 2. The van der Waals surface area contributed by atoms with E-state index >= 15 is 0 Å². The smallest absolute Gasteiger partial charge is 0.163 e. The largest absolute Gasteiger partial charge is 0.504 e. The summed E-state index contributed by atoms with van der Waals surface area (Å²) < 4.78 is 5.33. The lowest BCUT2D eigenvalue weighted by atomic mass is 9.92. The number of carbonyl (C=O) groups is 2. The summed E-state index contributed by atoms with van der Waals surface area (Å²) in [4.78, 5) is 25.1. The van der Waals surface area contributed by atoms with E-state index in [1.54, 1.807) is 18.2 Å². The number of dihydropyridines is 1. The van der Waals surface area contributed by atoms with Gasteiger partial charge < -0.3 is 26.2 Å². The van der Waals surface area contributed by atoms with Crippen molar-refractivity contribution >= 4 is 17.6 Å². The van der Waals surface area contributed by atoms with Gasteiger partial charge in [-0.05, 0) is 105 Å². The Hall–Kier alpha value is -3.68. The zero-order valence-corrected chi connectivity index (χ0v) is 26.5. The lowest BCUT2D eigenvalue weighted by Crippen LogP contribution is -2.38. The van der Waals surface area contributed by atoms with Gasteiger partial charge in [-0.2, -0.15) is 0 Å². The van der Waals surface area contributed by atoms with Gasteiger partial charge in [0.25, 0.3) is 0 Å². The highest BCUT2D eigenvalue weighted by Gasteiger charge is 2.17. The van der Waals surface area contributed by atoms with Crippen molar-refractivity contribution in [3.8, 4) is 11.5 Å². The van der Waals surface area contributed by atoms with Crippen molar-refractivity contribution in [1.29, 1.82) is 0 Å². The molecule has 5 N–H and O–H groups in total. The molecule has 1 heterocycles. The second-order valence-electron chi connectivity index (χ2n) is 11.9. The minimum atomic E-state index is -0.287. The molecule has 0 aromatic heterocycles. The van der Waals surface area contributed by atoms with E-state index in [0.29, 0.717) is 24.5 Å². The molecular formula is C36H49N3O4. The normalized spacial score (nSPS) is 15.5. The number of hydrogen-bond acceptors (Lipinski definition) is 7. The number of hydrogen-bond donors (Lipinski definition) is 4. The van der Waals surface area contributed by atoms with E-state index in [4.69, 9.17) is 10.5 Å². The van der Waals surface area contributed by atoms with Crippen LogP contribution in [-0.2, 0) is 22.4 Å². The molecule has 2 atom stereocenters. The predicted molar refractivity (Wildman–Crippen MR) is 175 cm³/mol. The first-order valence-electron chi connectivity index (χ1n) is 15.3. The van der Waals surface area contributed by atoms with Gasteiger partial charge in [0, 0.05) is 12.6 Å². The average molecular weight is 588 g/mol. The van der Waals surface area contributed by atoms with Gasteiger partial charge >= 0.3 is 0 Å². The molecule has 0 saturated heterocycles. The van der Waals surface area contributed by atoms with Gasteiger partial charge in [0.1, 0.15) is 5.78 Å². The van der Waals surface area contributed by atoms with Crippen LogP contribution >= 0.6 is 0 Å². The fourth-order valence-corrected chi connectivity index (χ4v) is 5.63. The number of ketones is 2. The summed E-state index contributed by atoms with van der Waals surface area (Å²) in [5.41, 5.74) is 13.7. The Bertz CT molecular complexity index is 1340. The van der Waals surface area contributed by atoms with E-state index in [2.05, 4.69) is 55.7 Å². The van der Waals surface area contributed by atoms with E-state index in [1.807, 2.05) is 13.2 Å². The van der Waals surface area contributed by atoms with Crippen molar-refractivity contribution in [3.05, 3.63) is 87.6 Å². The fraction of sp³-hybridized carbons (Fsp3) is 0.444. The molecule has 3 rings (SSSR count). The van der Waals surface area contributed by atoms with E-state index < -0.39 is 0 Å². The molecule has 232 valence electrons. The second kappa shape index (κ2) is 16.8. The molecule has 1 aliphatic heterocycles. The third-order valence-electron chi connectivity index (χ3n) is 7.77. The number of rotatable bonds is 17. The molecule has 43 heavy (non-hydrogen) atoms. The molecule has 1 aliphatic rings. The third-order valence-corrected chi connectivity index (χ3v) is 7.77. The summed E-state index contributed by atoms with van der Waals surface area (Å²) in [6, 6.07) is 9.89. The average Bonchev–Trinajstić information content (AvgIpc) is 2.94. The molecule has 0 fully saturated rings. The molecular weight excluding hydrogens is 538 g/mol. The summed E-state index contributed by atoms with van der Waals surface area (Å²) in [7, 11) is 3.45. The second-order valence-corrected chi connectivity index (χ2v) is 11.9. The molecule has 2 aromatic carbocycles. The van der Waals surface area contributed by atoms with Gasteiger partial charge in [-0.1, -0.05) is 61.2 Å². The Balaban J connectivity index is 1.65. The van der Waals surface area contributed by atoms with Crippen LogP contribution in [0.2, 0.25) is 0 Å². The Morgan fingerprint density at radius 2 is 1.84 bits per heavy atom. The van der Waals surface area contributed by atoms with E-state index in [-0.39, 0.29) is 29.9 Å². The topological polar surface area (TPSA) is 114 Å². The van der Waals surface area contributed by atoms with Gasteiger partial charge in [-0.3, -0.25) is 9.59 Å². The molecule has 0 aliphatic carbocycles. The first kappa shape index (κ1) is 33.8. The third kappa shape index (κ3) is 11.2. The Morgan fingerprint density at radius 1 is 1.09 bits per heavy atom. The number of aryl methyl sites for hydroxylation is 2. The number of unbranched alkanes of at least 4 members (excludes halogenated alkanes) is 2. The zero-order valence-electron chi connectivity index (χ0n) is 26.5. The van der Waals surface area contributed by atoms with E-state index in [1.165, 1.54) is 29.9 Å². The van der Waals surface area contributed by atoms with Crippen molar-refractivity contribution in [2.45, 2.75) is 78.3 Å². The molecule has 0 radical (unpaired) electrons. The SMILES string of the molecule is CNCC(C)CCCCCC(=O)CC(=O)C=Cc1cc(OC)c(O)cc1CC1=CNC(N)C(Cc2cc(C)cc(C)c2)=C1. The first-order chi connectivity index (χ1) is 20.6. The first-order valence-corrected chi connectivity index (χ1v) is 15.3. The maximum atomic E-state index is 12.7. The Labute approximate surface area is 257 Å². The number of allylic oxidation sites excluding steroid dienone is 3. The molecule has 7 nitrogen and oxygen atoms in total. The van der Waals surface area contributed by atoms with Crippen molar-refractivity contribution < 1.29 is 19.4 Å². The summed E-state index contributed by atoms with van der Waals surface area (Å²) >= 11 is 0. The Morgan fingerprint density at radius 3 is 2.53 bits per heavy atom. The minimum Gasteiger partial charge on any atom is -0.504 e. The molecule has 0 saturated carbocycles. The number of nitrogens with two attached hydrogens (primary N) is 1. The molecule has 2 aromatic rings. The lowest BCUT2D eigenvalue weighted by Gasteiger charge is -2.23. The summed E-state index contributed by atoms with van der Waals surface area (Å²) in [5, 5.41) is 17.0. The van der Waals surface area contributed by atoms with Gasteiger partial charge in [0.05, 0.1) is 19.7 Å². The number of nitrogens with one attached hydrogen (secondary N) is 2. The maximum absolute atomic E-state index is 12.7. The van der Waals surface area contributed by atoms with Crippen LogP contribution < -0.4 is 21.1 Å². The molecule has 0 amide bonds. The number of ether oxygens (including phenoxy) is 1. The van der Waals surface area contributed by atoms with Crippen LogP contribution in [0.3, 0.4) is 0 Å². The van der Waals surface area contributed by atoms with Crippen LogP contribution in [0, 0.1) is 19.8 Å². The Kier molecular flexibility index (Phi) is 13.2. The summed E-state index contributed by atoms with van der Waals surface area (Å²) in [6.45, 7) is 7.41. The molecule has 0 bridgehead atoms. The van der Waals surface area contributed by atoms with Gasteiger partial charge in [-0.25, -0.2) is 0 Å². The number of benzene rings is 2. The van der Waals surface area contributed by atoms with Crippen LogP contribution in [0.1, 0.15) is 73.3 Å². The van der Waals surface area contributed by atoms with Gasteiger partial charge in [0.2, 0.25) is 0 Å². The quantitative estimate of drug-likeness (QED) is 0.104. The number of Topliss-reactive ketones (excluding diaryl/α,β-unsaturated/α-hetero) is 1. The number of phenols is 1. The van der Waals surface area contributed by atoms with Crippen LogP contribution in [0.5, 0.6) is 11.5 Å². The zero-order chi connectivity index (χ0) is 31.4. The number of methoxy groups -OCH3 is 1. The van der Waals surface area contributed by atoms with Crippen LogP contribution in [0.25, 0.3) is 6.08 Å². The number of aromatic hydroxyl groups is 1. The highest BCUT2D eigenvalue weighted by atomic mass is 16.5. The molecule has 0 spiro atoms. The van der Waals surface area contributed by atoms with Gasteiger partial charge in [-0.15, -0.1) is 0 Å². The monoisotopic (exact) mass is 587 g/mol. The van der Waals surface area contributed by atoms with E-state index in [9.17, 15) is 14.7 Å². The fourth-order valence-electron chi connectivity index (χ4n) is 5.63. The molecule has 2 unspecified atom stereocenters. The van der Waals surface area contributed by atoms with E-state index in [0.717, 1.165) is 60.9 Å². The van der Waals surface area contributed by atoms with Crippen molar-refractivity contribution in [1.82, 2.24) is 10.6 Å². The lowest BCUT2D eigenvalue weighted by molar-refractivity contribution is -0.124. The van der Waals surface area contributed by atoms with Crippen LogP contribution in [0.15, 0.2) is 59.8 Å². The number of phenolic OH excluding ortho intramolecular Hbond substituents is 1. The maximum Gasteiger partial charge on any atom is 0.163 e. The summed E-state index contributed by atoms with van der Waals surface area (Å²) in [6.07, 6.45) is 12.5. The summed E-state index contributed by atoms with van der Waals surface area (Å²) in [5.74, 6) is 0.709. The van der Waals surface area contributed by atoms with Crippen molar-refractivity contribution in [2.75, 3.05) is 20.7 Å². The van der Waals surface area contributed by atoms with Gasteiger partial charge in [0.15, 0.2) is 17.3 Å². The minimum absolute atomic E-state index is 0.0250. The van der Waals surface area contributed by atoms with Crippen LogP contribution in [0.4, 0.5) is 0 Å². The highest BCUT2D eigenvalue weighted by Crippen LogP contribution is 2.32. The highest BCUT2D eigenvalue weighted by molar-refractivity contribution is 6.06. The van der Waals surface area contributed by atoms with Crippen molar-refractivity contribution in [3.63, 3.8) is 0 Å².